The summed E-state index contributed by atoms with van der Waals surface area (Å²) in [5.74, 6) is 0.0249. The summed E-state index contributed by atoms with van der Waals surface area (Å²) in [6.45, 7) is 0.430. The molecule has 0 atom stereocenters. The number of hydrogen-bond donors (Lipinski definition) is 1. The number of aromatic nitrogens is 2. The van der Waals surface area contributed by atoms with Crippen LogP contribution in [-0.4, -0.2) is 22.5 Å². The molecule has 0 aliphatic carbocycles. The average Bonchev–Trinajstić information content (AvgIpc) is 3.07. The summed E-state index contributed by atoms with van der Waals surface area (Å²) in [5, 5.41) is 10.2. The second-order valence-corrected chi connectivity index (χ2v) is 5.62. The first-order valence-electron chi connectivity index (χ1n) is 6.62. The molecule has 104 valence electrons. The summed E-state index contributed by atoms with van der Waals surface area (Å²) in [6.07, 6.45) is 0. The van der Waals surface area contributed by atoms with Crippen LogP contribution in [0.1, 0.15) is 16.1 Å². The first kappa shape index (κ1) is 12.3. The molecule has 1 aliphatic heterocycles. The molecule has 1 amide bonds. The third kappa shape index (κ3) is 1.72. The Bertz CT molecular complexity index is 853. The monoisotopic (exact) mass is 296 g/mol. The third-order valence-electron chi connectivity index (χ3n) is 3.74. The summed E-state index contributed by atoms with van der Waals surface area (Å²) in [4.78, 5) is 14.4. The number of amides is 1. The van der Waals surface area contributed by atoms with Crippen molar-refractivity contribution in [2.75, 3.05) is 17.3 Å². The minimum Gasteiger partial charge on any atom is -0.377 e. The maximum absolute atomic E-state index is 12.7. The van der Waals surface area contributed by atoms with E-state index in [0.717, 1.165) is 32.7 Å². The molecular formula is C15H12N4OS. The predicted molar refractivity (Wildman–Crippen MR) is 83.9 cm³/mol. The van der Waals surface area contributed by atoms with E-state index >= 15 is 0 Å². The molecule has 0 radical (unpaired) electrons. The summed E-state index contributed by atoms with van der Waals surface area (Å²) in [6, 6.07) is 11.8. The van der Waals surface area contributed by atoms with Gasteiger partial charge in [0.1, 0.15) is 10.7 Å². The van der Waals surface area contributed by atoms with Gasteiger partial charge in [0.25, 0.3) is 5.91 Å². The fourth-order valence-electron chi connectivity index (χ4n) is 2.79. The molecule has 0 saturated carbocycles. The molecule has 0 spiro atoms. The van der Waals surface area contributed by atoms with Crippen LogP contribution in [0.5, 0.6) is 0 Å². The van der Waals surface area contributed by atoms with E-state index in [1.54, 1.807) is 4.90 Å². The lowest BCUT2D eigenvalue weighted by Gasteiger charge is -2.16. The molecule has 21 heavy (non-hydrogen) atoms. The summed E-state index contributed by atoms with van der Waals surface area (Å²) < 4.78 is 3.95. The van der Waals surface area contributed by atoms with Crippen LogP contribution in [0.4, 0.5) is 10.7 Å². The Kier molecular flexibility index (Phi) is 2.65. The number of benzene rings is 2. The number of carbonyl (C=O) groups excluding carboxylic acids is 1. The highest BCUT2D eigenvalue weighted by Crippen LogP contribution is 2.38. The lowest BCUT2D eigenvalue weighted by Crippen LogP contribution is -2.26. The van der Waals surface area contributed by atoms with Crippen molar-refractivity contribution < 1.29 is 4.79 Å². The summed E-state index contributed by atoms with van der Waals surface area (Å²) in [7, 11) is 1.83. The van der Waals surface area contributed by atoms with E-state index in [-0.39, 0.29) is 5.91 Å². The normalized spacial score (nSPS) is 13.2. The van der Waals surface area contributed by atoms with E-state index in [9.17, 15) is 4.79 Å². The zero-order chi connectivity index (χ0) is 14.4. The Balaban J connectivity index is 1.83. The van der Waals surface area contributed by atoms with Gasteiger partial charge in [-0.1, -0.05) is 28.8 Å². The molecule has 6 heteroatoms. The quantitative estimate of drug-likeness (QED) is 0.807. The van der Waals surface area contributed by atoms with Gasteiger partial charge in [-0.3, -0.25) is 4.79 Å². The second kappa shape index (κ2) is 4.53. The van der Waals surface area contributed by atoms with Crippen LogP contribution in [0.15, 0.2) is 36.4 Å². The Morgan fingerprint density at radius 1 is 1.24 bits per heavy atom. The van der Waals surface area contributed by atoms with Crippen molar-refractivity contribution in [3.8, 4) is 0 Å². The van der Waals surface area contributed by atoms with Crippen molar-refractivity contribution in [3.05, 3.63) is 47.7 Å². The van der Waals surface area contributed by atoms with Crippen molar-refractivity contribution in [1.29, 1.82) is 0 Å². The van der Waals surface area contributed by atoms with E-state index in [4.69, 9.17) is 0 Å². The molecule has 3 aromatic rings. The number of nitrogens with zero attached hydrogens (tertiary/aromatic N) is 3. The number of carbonyl (C=O) groups is 1. The smallest absolute Gasteiger partial charge is 0.259 e. The third-order valence-corrected chi connectivity index (χ3v) is 4.53. The van der Waals surface area contributed by atoms with Crippen LogP contribution < -0.4 is 10.2 Å². The Labute approximate surface area is 125 Å². The molecule has 2 heterocycles. The van der Waals surface area contributed by atoms with Gasteiger partial charge in [0.05, 0.1) is 12.2 Å². The van der Waals surface area contributed by atoms with Gasteiger partial charge in [0.15, 0.2) is 0 Å². The number of hydrogen-bond acceptors (Lipinski definition) is 5. The van der Waals surface area contributed by atoms with Crippen LogP contribution >= 0.6 is 11.5 Å². The Morgan fingerprint density at radius 3 is 2.86 bits per heavy atom. The topological polar surface area (TPSA) is 58.1 Å². The first-order valence-corrected chi connectivity index (χ1v) is 7.39. The number of nitrogens with one attached hydrogen (secondary N) is 1. The predicted octanol–water partition coefficient (Wildman–Crippen LogP) is 2.89. The molecule has 1 N–H and O–H groups in total. The molecule has 0 bridgehead atoms. The molecule has 5 nitrogen and oxygen atoms in total. The zero-order valence-corrected chi connectivity index (χ0v) is 12.1. The van der Waals surface area contributed by atoms with Gasteiger partial charge in [-0.15, -0.1) is 5.10 Å². The fraction of sp³-hybridized carbons (Fsp3) is 0.133. The van der Waals surface area contributed by atoms with Crippen molar-refractivity contribution in [1.82, 2.24) is 9.59 Å². The Hall–Kier alpha value is -2.47. The van der Waals surface area contributed by atoms with E-state index in [0.29, 0.717) is 6.54 Å². The van der Waals surface area contributed by atoms with E-state index in [1.807, 2.05) is 43.4 Å². The lowest BCUT2D eigenvalue weighted by atomic mass is 10.1. The molecule has 0 saturated heterocycles. The van der Waals surface area contributed by atoms with Crippen LogP contribution in [0, 0.1) is 0 Å². The van der Waals surface area contributed by atoms with Crippen molar-refractivity contribution in [2.24, 2.45) is 0 Å². The molecule has 1 aromatic heterocycles. The largest absolute Gasteiger partial charge is 0.377 e. The van der Waals surface area contributed by atoms with Crippen molar-refractivity contribution >= 4 is 38.9 Å². The average molecular weight is 296 g/mol. The van der Waals surface area contributed by atoms with Gasteiger partial charge in [0, 0.05) is 29.5 Å². The number of rotatable bonds is 3. The lowest BCUT2D eigenvalue weighted by molar-refractivity contribution is 0.0991. The zero-order valence-electron chi connectivity index (χ0n) is 11.3. The standard InChI is InChI=1S/C15H12N4OS/c1-16-14-11(17-18-21-14)8-19-12-7-3-5-9-4-2-6-10(13(9)12)15(19)20/h2-7,16H,8H2,1H3. The van der Waals surface area contributed by atoms with E-state index in [2.05, 4.69) is 14.9 Å². The molecule has 1 aliphatic rings. The molecular weight excluding hydrogens is 284 g/mol. The highest BCUT2D eigenvalue weighted by molar-refractivity contribution is 7.10. The second-order valence-electron chi connectivity index (χ2n) is 4.87. The SMILES string of the molecule is CNc1snnc1CN1C(=O)c2cccc3cccc1c23. The minimum absolute atomic E-state index is 0.0249. The maximum atomic E-state index is 12.7. The fourth-order valence-corrected chi connectivity index (χ4v) is 3.31. The maximum Gasteiger partial charge on any atom is 0.259 e. The van der Waals surface area contributed by atoms with Gasteiger partial charge < -0.3 is 10.2 Å². The Morgan fingerprint density at radius 2 is 2.05 bits per heavy atom. The molecule has 4 rings (SSSR count). The highest BCUT2D eigenvalue weighted by atomic mass is 32.1. The first-order chi connectivity index (χ1) is 10.3. The van der Waals surface area contributed by atoms with Gasteiger partial charge in [-0.25, -0.2) is 0 Å². The van der Waals surface area contributed by atoms with Crippen molar-refractivity contribution in [2.45, 2.75) is 6.54 Å². The molecule has 2 aromatic carbocycles. The highest BCUT2D eigenvalue weighted by Gasteiger charge is 2.30. The molecule has 0 fully saturated rings. The van der Waals surface area contributed by atoms with Crippen LogP contribution in [0.2, 0.25) is 0 Å². The van der Waals surface area contributed by atoms with Gasteiger partial charge in [-0.05, 0) is 17.5 Å². The van der Waals surface area contributed by atoms with Crippen LogP contribution in [0.3, 0.4) is 0 Å². The van der Waals surface area contributed by atoms with Gasteiger partial charge in [-0.2, -0.15) is 0 Å². The van der Waals surface area contributed by atoms with E-state index < -0.39 is 0 Å². The van der Waals surface area contributed by atoms with E-state index in [1.165, 1.54) is 11.5 Å². The van der Waals surface area contributed by atoms with Crippen LogP contribution in [0.25, 0.3) is 10.8 Å². The van der Waals surface area contributed by atoms with Crippen LogP contribution in [-0.2, 0) is 6.54 Å². The minimum atomic E-state index is 0.0249. The van der Waals surface area contributed by atoms with Gasteiger partial charge >= 0.3 is 0 Å². The van der Waals surface area contributed by atoms with Crippen molar-refractivity contribution in [3.63, 3.8) is 0 Å². The molecule has 0 unspecified atom stereocenters. The number of anilines is 2. The van der Waals surface area contributed by atoms with Gasteiger partial charge in [0.2, 0.25) is 0 Å². The summed E-state index contributed by atoms with van der Waals surface area (Å²) in [5.41, 5.74) is 2.50. The summed E-state index contributed by atoms with van der Waals surface area (Å²) >= 11 is 1.30.